The van der Waals surface area contributed by atoms with Crippen LogP contribution in [0.25, 0.3) is 0 Å². The van der Waals surface area contributed by atoms with E-state index in [-0.39, 0.29) is 8.82 Å². The van der Waals surface area contributed by atoms with Crippen molar-refractivity contribution < 1.29 is 8.42 Å². The van der Waals surface area contributed by atoms with Crippen LogP contribution in [0.3, 0.4) is 0 Å². The van der Waals surface area contributed by atoms with Crippen molar-refractivity contribution in [3.63, 3.8) is 0 Å². The number of rotatable bonds is 5. The molecule has 0 aromatic heterocycles. The Hall–Kier alpha value is -0.630. The summed E-state index contributed by atoms with van der Waals surface area (Å²) in [6.45, 7) is 2.24. The lowest BCUT2D eigenvalue weighted by atomic mass is 10.1. The van der Waals surface area contributed by atoms with Crippen LogP contribution in [0.4, 0.5) is 0 Å². The van der Waals surface area contributed by atoms with Crippen LogP contribution >= 0.6 is 34.2 Å². The van der Waals surface area contributed by atoms with Gasteiger partial charge in [0, 0.05) is 15.5 Å². The molecule has 0 spiro atoms. The summed E-state index contributed by atoms with van der Waals surface area (Å²) in [5, 5.41) is 0.649. The van der Waals surface area contributed by atoms with Crippen molar-refractivity contribution in [2.75, 3.05) is 6.54 Å². The fourth-order valence-electron chi connectivity index (χ4n) is 1.80. The van der Waals surface area contributed by atoms with Crippen LogP contribution in [0.1, 0.15) is 15.1 Å². The molecule has 0 aliphatic rings. The minimum Gasteiger partial charge on any atom is -0.210 e. The first kappa shape index (κ1) is 16.7. The number of aryl methyl sites for hydroxylation is 1. The Morgan fingerprint density at radius 1 is 1.19 bits per heavy atom. The van der Waals surface area contributed by atoms with Crippen LogP contribution in [0, 0.1) is 6.92 Å². The van der Waals surface area contributed by atoms with Crippen molar-refractivity contribution in [2.45, 2.75) is 15.7 Å². The van der Waals surface area contributed by atoms with Gasteiger partial charge in [-0.3, -0.25) is 0 Å². The number of nitrogens with one attached hydrogen (secondary N) is 1. The minimum absolute atomic E-state index is 0.0153. The monoisotopic (exact) mass is 435 g/mol. The second kappa shape index (κ2) is 7.09. The predicted molar refractivity (Wildman–Crippen MR) is 94.6 cm³/mol. The second-order valence-electron chi connectivity index (χ2n) is 4.69. The molecule has 0 aliphatic heterocycles. The molecule has 0 unspecified atom stereocenters. The summed E-state index contributed by atoms with van der Waals surface area (Å²) in [6, 6.07) is 14.2. The third kappa shape index (κ3) is 4.67. The van der Waals surface area contributed by atoms with Crippen LogP contribution in [0.5, 0.6) is 0 Å². The summed E-state index contributed by atoms with van der Waals surface area (Å²) in [4.78, 5) is 0.280. The van der Waals surface area contributed by atoms with E-state index < -0.39 is 10.0 Å². The number of halogens is 2. The van der Waals surface area contributed by atoms with Gasteiger partial charge in [-0.1, -0.05) is 64.0 Å². The van der Waals surface area contributed by atoms with Gasteiger partial charge in [0.1, 0.15) is 0 Å². The minimum atomic E-state index is -3.48. The van der Waals surface area contributed by atoms with Crippen molar-refractivity contribution in [3.8, 4) is 0 Å². The fraction of sp³-hybridized carbons (Fsp3) is 0.200. The fourth-order valence-corrected chi connectivity index (χ4v) is 3.96. The van der Waals surface area contributed by atoms with Crippen molar-refractivity contribution in [1.29, 1.82) is 0 Å². The van der Waals surface area contributed by atoms with Gasteiger partial charge in [-0.2, -0.15) is 0 Å². The molecule has 0 aliphatic carbocycles. The molecule has 0 heterocycles. The summed E-state index contributed by atoms with van der Waals surface area (Å²) < 4.78 is 27.1. The molecule has 2 rings (SSSR count). The molecular weight excluding hydrogens is 421 g/mol. The van der Waals surface area contributed by atoms with Gasteiger partial charge >= 0.3 is 0 Å². The van der Waals surface area contributed by atoms with Gasteiger partial charge in [0.05, 0.1) is 4.90 Å². The van der Waals surface area contributed by atoms with E-state index >= 15 is 0 Å². The zero-order chi connectivity index (χ0) is 15.5. The Bertz CT molecular complexity index is 717. The quantitative estimate of drug-likeness (QED) is 0.568. The molecule has 0 amide bonds. The maximum absolute atomic E-state index is 12.2. The summed E-state index contributed by atoms with van der Waals surface area (Å²) in [5.41, 5.74) is 2.02. The molecule has 0 radical (unpaired) electrons. The first-order chi connectivity index (χ1) is 9.88. The average Bonchev–Trinajstić information content (AvgIpc) is 2.45. The summed E-state index contributed by atoms with van der Waals surface area (Å²) in [5.74, 6) is 0. The molecule has 0 bridgehead atoms. The highest BCUT2D eigenvalue weighted by Gasteiger charge is 2.16. The largest absolute Gasteiger partial charge is 0.240 e. The Balaban J connectivity index is 2.06. The molecular formula is C15H15ClINO2S. The molecule has 21 heavy (non-hydrogen) atoms. The molecule has 0 saturated carbocycles. The maximum atomic E-state index is 12.2. The average molecular weight is 436 g/mol. The number of alkyl halides is 1. The van der Waals surface area contributed by atoms with Crippen molar-refractivity contribution in [3.05, 3.63) is 64.7 Å². The van der Waals surface area contributed by atoms with E-state index in [9.17, 15) is 8.42 Å². The normalized spacial score (nSPS) is 13.1. The predicted octanol–water partition coefficient (Wildman–Crippen LogP) is 4.10. The third-order valence-electron chi connectivity index (χ3n) is 2.99. The van der Waals surface area contributed by atoms with E-state index in [0.717, 1.165) is 11.1 Å². The lowest BCUT2D eigenvalue weighted by Crippen LogP contribution is -2.26. The highest BCUT2D eigenvalue weighted by atomic mass is 127. The number of hydrogen-bond donors (Lipinski definition) is 1. The highest BCUT2D eigenvalue weighted by molar-refractivity contribution is 14.1. The van der Waals surface area contributed by atoms with Crippen LogP contribution < -0.4 is 4.72 Å². The summed E-state index contributed by atoms with van der Waals surface area (Å²) in [7, 11) is -3.48. The van der Waals surface area contributed by atoms with Gasteiger partial charge in [0.2, 0.25) is 10.0 Å². The Morgan fingerprint density at radius 3 is 2.48 bits per heavy atom. The van der Waals surface area contributed by atoms with Gasteiger partial charge in [-0.15, -0.1) is 0 Å². The van der Waals surface area contributed by atoms with E-state index in [1.807, 2.05) is 25.1 Å². The lowest BCUT2D eigenvalue weighted by Gasteiger charge is -2.12. The Morgan fingerprint density at radius 2 is 1.86 bits per heavy atom. The van der Waals surface area contributed by atoms with Crippen molar-refractivity contribution in [2.24, 2.45) is 0 Å². The standard InChI is InChI=1S/C15H15ClINO2S/c1-11-5-7-14(8-6-11)21(19,20)18-10-15(17)12-3-2-4-13(16)9-12/h2-9,15,18H,10H2,1H3/t15-/m0/s1. The SMILES string of the molecule is Cc1ccc(S(=O)(=O)NC[C@H](I)c2cccc(Cl)c2)cc1. The van der Waals surface area contributed by atoms with Gasteiger partial charge in [0.15, 0.2) is 0 Å². The molecule has 0 fully saturated rings. The first-order valence-electron chi connectivity index (χ1n) is 6.34. The molecule has 0 saturated heterocycles. The maximum Gasteiger partial charge on any atom is 0.240 e. The Kier molecular flexibility index (Phi) is 5.65. The van der Waals surface area contributed by atoms with Crippen LogP contribution in [0.15, 0.2) is 53.4 Å². The van der Waals surface area contributed by atoms with E-state index in [1.54, 1.807) is 30.3 Å². The zero-order valence-electron chi connectivity index (χ0n) is 11.4. The van der Waals surface area contributed by atoms with Gasteiger partial charge < -0.3 is 0 Å². The van der Waals surface area contributed by atoms with Crippen molar-refractivity contribution >= 4 is 44.2 Å². The molecule has 1 N–H and O–H groups in total. The van der Waals surface area contributed by atoms with E-state index in [2.05, 4.69) is 27.3 Å². The molecule has 1 atom stereocenters. The van der Waals surface area contributed by atoms with Crippen LogP contribution in [-0.2, 0) is 10.0 Å². The molecule has 6 heteroatoms. The van der Waals surface area contributed by atoms with Gasteiger partial charge in [-0.25, -0.2) is 13.1 Å². The first-order valence-corrected chi connectivity index (χ1v) is 9.45. The number of benzene rings is 2. The molecule has 2 aromatic carbocycles. The Labute approximate surface area is 143 Å². The molecule has 3 nitrogen and oxygen atoms in total. The number of sulfonamides is 1. The van der Waals surface area contributed by atoms with Gasteiger partial charge in [-0.05, 0) is 36.8 Å². The van der Waals surface area contributed by atoms with E-state index in [0.29, 0.717) is 11.6 Å². The van der Waals surface area contributed by atoms with Crippen LogP contribution in [0.2, 0.25) is 5.02 Å². The second-order valence-corrected chi connectivity index (χ2v) is 8.39. The van der Waals surface area contributed by atoms with E-state index in [1.165, 1.54) is 0 Å². The molecule has 2 aromatic rings. The highest BCUT2D eigenvalue weighted by Crippen LogP contribution is 2.25. The zero-order valence-corrected chi connectivity index (χ0v) is 15.1. The third-order valence-corrected chi connectivity index (χ3v) is 5.83. The molecule has 112 valence electrons. The van der Waals surface area contributed by atoms with Gasteiger partial charge in [0.25, 0.3) is 0 Å². The van der Waals surface area contributed by atoms with E-state index in [4.69, 9.17) is 11.6 Å². The topological polar surface area (TPSA) is 46.2 Å². The number of hydrogen-bond acceptors (Lipinski definition) is 2. The summed E-state index contributed by atoms with van der Waals surface area (Å²) in [6.07, 6.45) is 0. The van der Waals surface area contributed by atoms with Crippen molar-refractivity contribution in [1.82, 2.24) is 4.72 Å². The van der Waals surface area contributed by atoms with Crippen LogP contribution in [-0.4, -0.2) is 15.0 Å². The summed E-state index contributed by atoms with van der Waals surface area (Å²) >= 11 is 8.15. The smallest absolute Gasteiger partial charge is 0.210 e. The lowest BCUT2D eigenvalue weighted by molar-refractivity contribution is 0.582.